The Hall–Kier alpha value is -2.15. The van der Waals surface area contributed by atoms with E-state index >= 15 is 0 Å². The van der Waals surface area contributed by atoms with Gasteiger partial charge in [-0.2, -0.15) is 0 Å². The van der Waals surface area contributed by atoms with Gasteiger partial charge in [0.25, 0.3) is 0 Å². The van der Waals surface area contributed by atoms with E-state index in [9.17, 15) is 14.4 Å². The van der Waals surface area contributed by atoms with Crippen LogP contribution in [-0.4, -0.2) is 40.5 Å². The molecule has 7 heteroatoms. The maximum absolute atomic E-state index is 12.0. The Labute approximate surface area is 115 Å². The van der Waals surface area contributed by atoms with Crippen molar-refractivity contribution in [1.82, 2.24) is 4.90 Å². The summed E-state index contributed by atoms with van der Waals surface area (Å²) in [5.74, 6) is -2.19. The Morgan fingerprint density at radius 1 is 1.45 bits per heavy atom. The van der Waals surface area contributed by atoms with Gasteiger partial charge in [-0.3, -0.25) is 4.79 Å². The molecule has 0 aromatic rings. The number of carbonyl (C=O) groups excluding carboxylic acids is 3. The van der Waals surface area contributed by atoms with E-state index < -0.39 is 11.9 Å². The minimum Gasteiger partial charge on any atom is -0.396 e. The number of hydrogen-bond acceptors (Lipinski definition) is 6. The number of aliphatic hydroxyl groups is 1. The Morgan fingerprint density at radius 2 is 2.20 bits per heavy atom. The number of rotatable bonds is 3. The molecule has 1 N–H and O–H groups in total. The average molecular weight is 281 g/mol. The van der Waals surface area contributed by atoms with Crippen LogP contribution in [0, 0.1) is 5.92 Å². The zero-order chi connectivity index (χ0) is 14.7. The van der Waals surface area contributed by atoms with Gasteiger partial charge in [0.1, 0.15) is 5.70 Å². The van der Waals surface area contributed by atoms with Crippen LogP contribution in [0.25, 0.3) is 0 Å². The first-order valence-corrected chi connectivity index (χ1v) is 6.26. The maximum atomic E-state index is 12.0. The summed E-state index contributed by atoms with van der Waals surface area (Å²) in [6, 6.07) is -0.176. The molecule has 1 amide bonds. The van der Waals surface area contributed by atoms with Gasteiger partial charge in [0.15, 0.2) is 0 Å². The molecule has 2 unspecified atom stereocenters. The molecule has 0 radical (unpaired) electrons. The number of hydrogen-bond donors (Lipinski definition) is 1. The standard InChI is InChI=1S/C13H15NO6/c1-8(16)19-20-13(18)11-5-3-2-4-10-9(6-7-15)12(17)14(10)11/h2-3,5,9-10,15H,4,6-7H2,1H3. The van der Waals surface area contributed by atoms with Crippen LogP contribution in [0.3, 0.4) is 0 Å². The van der Waals surface area contributed by atoms with Crippen LogP contribution in [0.5, 0.6) is 0 Å². The third-order valence-corrected chi connectivity index (χ3v) is 3.26. The first-order valence-electron chi connectivity index (χ1n) is 6.26. The molecular weight excluding hydrogens is 266 g/mol. The van der Waals surface area contributed by atoms with Gasteiger partial charge in [-0.05, 0) is 18.9 Å². The fraction of sp³-hybridized carbons (Fsp3) is 0.462. The summed E-state index contributed by atoms with van der Waals surface area (Å²) in [5, 5.41) is 8.95. The molecule has 7 nitrogen and oxygen atoms in total. The zero-order valence-electron chi connectivity index (χ0n) is 10.9. The van der Waals surface area contributed by atoms with Gasteiger partial charge in [-0.15, -0.1) is 0 Å². The van der Waals surface area contributed by atoms with Gasteiger partial charge in [-0.1, -0.05) is 12.2 Å². The van der Waals surface area contributed by atoms with Gasteiger partial charge in [-0.25, -0.2) is 19.4 Å². The van der Waals surface area contributed by atoms with Crippen molar-refractivity contribution in [3.63, 3.8) is 0 Å². The van der Waals surface area contributed by atoms with E-state index in [1.165, 1.54) is 11.0 Å². The molecule has 2 atom stereocenters. The lowest BCUT2D eigenvalue weighted by Crippen LogP contribution is -2.60. The normalized spacial score (nSPS) is 24.2. The number of allylic oxidation sites excluding steroid dienone is 2. The van der Waals surface area contributed by atoms with E-state index in [1.807, 2.05) is 6.08 Å². The van der Waals surface area contributed by atoms with Crippen LogP contribution in [0.1, 0.15) is 19.8 Å². The van der Waals surface area contributed by atoms with E-state index in [1.54, 1.807) is 6.08 Å². The van der Waals surface area contributed by atoms with Gasteiger partial charge >= 0.3 is 11.9 Å². The third-order valence-electron chi connectivity index (χ3n) is 3.26. The van der Waals surface area contributed by atoms with Gasteiger partial charge < -0.3 is 10.0 Å². The summed E-state index contributed by atoms with van der Waals surface area (Å²) in [5.41, 5.74) is 0.0317. The number of fused-ring (bicyclic) bond motifs is 1. The molecule has 2 heterocycles. The second-order valence-electron chi connectivity index (χ2n) is 4.56. The lowest BCUT2D eigenvalue weighted by atomic mass is 9.82. The molecule has 20 heavy (non-hydrogen) atoms. The molecule has 1 saturated heterocycles. The van der Waals surface area contributed by atoms with E-state index in [0.29, 0.717) is 12.8 Å². The first kappa shape index (κ1) is 14.3. The highest BCUT2D eigenvalue weighted by Crippen LogP contribution is 2.37. The summed E-state index contributed by atoms with van der Waals surface area (Å²) < 4.78 is 0. The molecule has 0 aromatic carbocycles. The van der Waals surface area contributed by atoms with Crippen molar-refractivity contribution in [1.29, 1.82) is 0 Å². The number of amides is 1. The Bertz CT molecular complexity index is 495. The highest BCUT2D eigenvalue weighted by Gasteiger charge is 2.49. The molecule has 0 bridgehead atoms. The summed E-state index contributed by atoms with van der Waals surface area (Å²) in [4.78, 5) is 44.3. The lowest BCUT2D eigenvalue weighted by molar-refractivity contribution is -0.255. The van der Waals surface area contributed by atoms with Crippen LogP contribution in [0.2, 0.25) is 0 Å². The number of aliphatic hydroxyl groups excluding tert-OH is 1. The van der Waals surface area contributed by atoms with E-state index in [4.69, 9.17) is 5.11 Å². The predicted octanol–water partition coefficient (Wildman–Crippen LogP) is 0.0609. The molecular formula is C13H15NO6. The van der Waals surface area contributed by atoms with E-state index in [0.717, 1.165) is 6.92 Å². The predicted molar refractivity (Wildman–Crippen MR) is 65.5 cm³/mol. The highest BCUT2D eigenvalue weighted by molar-refractivity contribution is 5.98. The van der Waals surface area contributed by atoms with Gasteiger partial charge in [0.2, 0.25) is 5.91 Å². The molecule has 0 saturated carbocycles. The smallest absolute Gasteiger partial charge is 0.396 e. The minimum atomic E-state index is -0.896. The molecule has 0 aliphatic carbocycles. The maximum Gasteiger partial charge on any atom is 0.402 e. The second-order valence-corrected chi connectivity index (χ2v) is 4.56. The first-order chi connectivity index (χ1) is 9.56. The highest BCUT2D eigenvalue weighted by atomic mass is 17.2. The van der Waals surface area contributed by atoms with Crippen molar-refractivity contribution in [2.45, 2.75) is 25.8 Å². The van der Waals surface area contributed by atoms with Crippen molar-refractivity contribution in [3.05, 3.63) is 23.9 Å². The number of β-lactam (4-membered cyclic amide) rings is 1. The fourth-order valence-corrected chi connectivity index (χ4v) is 2.39. The Balaban J connectivity index is 2.11. The van der Waals surface area contributed by atoms with Crippen LogP contribution in [0.4, 0.5) is 0 Å². The summed E-state index contributed by atoms with van der Waals surface area (Å²) >= 11 is 0. The quantitative estimate of drug-likeness (QED) is 0.447. The topological polar surface area (TPSA) is 93.1 Å². The molecule has 1 fully saturated rings. The van der Waals surface area contributed by atoms with E-state index in [2.05, 4.69) is 9.78 Å². The lowest BCUT2D eigenvalue weighted by Gasteiger charge is -2.46. The Morgan fingerprint density at radius 3 is 2.85 bits per heavy atom. The third kappa shape index (κ3) is 2.57. The van der Waals surface area contributed by atoms with Crippen molar-refractivity contribution >= 4 is 17.8 Å². The van der Waals surface area contributed by atoms with Crippen LogP contribution >= 0.6 is 0 Å². The minimum absolute atomic E-state index is 0.0317. The molecule has 2 aliphatic heterocycles. The van der Waals surface area contributed by atoms with Crippen LogP contribution in [-0.2, 0) is 24.2 Å². The molecule has 108 valence electrons. The van der Waals surface area contributed by atoms with Crippen molar-refractivity contribution in [2.24, 2.45) is 5.92 Å². The zero-order valence-corrected chi connectivity index (χ0v) is 10.9. The number of carbonyl (C=O) groups is 3. The molecule has 2 aliphatic rings. The molecule has 0 aromatic heterocycles. The van der Waals surface area contributed by atoms with Crippen LogP contribution in [0.15, 0.2) is 23.9 Å². The monoisotopic (exact) mass is 281 g/mol. The van der Waals surface area contributed by atoms with E-state index in [-0.39, 0.29) is 30.2 Å². The summed E-state index contributed by atoms with van der Waals surface area (Å²) in [7, 11) is 0. The van der Waals surface area contributed by atoms with Crippen molar-refractivity contribution in [3.8, 4) is 0 Å². The number of nitrogens with zero attached hydrogens (tertiary/aromatic N) is 1. The molecule has 0 spiro atoms. The molecule has 2 rings (SSSR count). The summed E-state index contributed by atoms with van der Waals surface area (Å²) in [6.45, 7) is 1.02. The summed E-state index contributed by atoms with van der Waals surface area (Å²) in [6.07, 6.45) is 5.88. The van der Waals surface area contributed by atoms with Crippen molar-refractivity contribution < 1.29 is 29.3 Å². The Kier molecular flexibility index (Phi) is 4.19. The SMILES string of the molecule is CC(=O)OOC(=O)C1=CC=CCC2C(CCO)C(=O)N12. The second kappa shape index (κ2) is 5.87. The van der Waals surface area contributed by atoms with Crippen LogP contribution < -0.4 is 0 Å². The largest absolute Gasteiger partial charge is 0.402 e. The van der Waals surface area contributed by atoms with Crippen molar-refractivity contribution in [2.75, 3.05) is 6.61 Å². The van der Waals surface area contributed by atoms with Gasteiger partial charge in [0.05, 0.1) is 12.0 Å². The fourth-order valence-electron chi connectivity index (χ4n) is 2.39. The van der Waals surface area contributed by atoms with Gasteiger partial charge in [0, 0.05) is 13.5 Å². The average Bonchev–Trinajstić information content (AvgIpc) is 2.61.